The van der Waals surface area contributed by atoms with Crippen LogP contribution in [0.25, 0.3) is 22.3 Å². The van der Waals surface area contributed by atoms with Crippen molar-refractivity contribution in [2.24, 2.45) is 4.99 Å². The number of rotatable bonds is 6. The number of nitrogens with zero attached hydrogens (tertiary/aromatic N) is 1. The molecule has 0 spiro atoms. The third kappa shape index (κ3) is 4.90. The average molecular weight is 630 g/mol. The summed E-state index contributed by atoms with van der Waals surface area (Å²) in [5.74, 6) is 0.878. The third-order valence-corrected chi connectivity index (χ3v) is 10.1. The molecule has 0 saturated carbocycles. The van der Waals surface area contributed by atoms with Gasteiger partial charge in [0, 0.05) is 5.56 Å². The molecule has 2 unspecified atom stereocenters. The summed E-state index contributed by atoms with van der Waals surface area (Å²) < 4.78 is 0. The minimum Gasteiger partial charge on any atom is -0.350 e. The van der Waals surface area contributed by atoms with E-state index in [1.807, 2.05) is 0 Å². The van der Waals surface area contributed by atoms with Gasteiger partial charge >= 0.3 is 0 Å². The number of hydrogen-bond acceptors (Lipinski definition) is 3. The first-order valence-electron chi connectivity index (χ1n) is 17.0. The summed E-state index contributed by atoms with van der Waals surface area (Å²) in [6, 6.07) is 67.5. The molecule has 0 saturated heterocycles. The Morgan fingerprint density at radius 2 is 0.980 bits per heavy atom. The van der Waals surface area contributed by atoms with E-state index >= 15 is 0 Å². The van der Waals surface area contributed by atoms with Crippen molar-refractivity contribution < 1.29 is 0 Å². The fourth-order valence-electron chi connectivity index (χ4n) is 7.88. The van der Waals surface area contributed by atoms with Crippen molar-refractivity contribution in [2.75, 3.05) is 0 Å². The zero-order chi connectivity index (χ0) is 32.6. The van der Waals surface area contributed by atoms with Gasteiger partial charge in [-0.2, -0.15) is 0 Å². The molecule has 7 aromatic carbocycles. The Balaban J connectivity index is 1.22. The largest absolute Gasteiger partial charge is 0.350 e. The minimum atomic E-state index is -0.462. The van der Waals surface area contributed by atoms with Gasteiger partial charge in [0.2, 0.25) is 0 Å². The van der Waals surface area contributed by atoms with Crippen molar-refractivity contribution in [1.82, 2.24) is 10.6 Å². The van der Waals surface area contributed by atoms with Crippen LogP contribution in [0.5, 0.6) is 0 Å². The van der Waals surface area contributed by atoms with Crippen molar-refractivity contribution in [3.05, 3.63) is 227 Å². The van der Waals surface area contributed by atoms with Crippen LogP contribution >= 0.6 is 0 Å². The Morgan fingerprint density at radius 1 is 0.449 bits per heavy atom. The van der Waals surface area contributed by atoms with Crippen molar-refractivity contribution in [1.29, 1.82) is 0 Å². The summed E-state index contributed by atoms with van der Waals surface area (Å²) in [6.45, 7) is 0. The molecule has 3 nitrogen and oxygen atoms in total. The molecule has 234 valence electrons. The van der Waals surface area contributed by atoms with Crippen LogP contribution in [0.15, 0.2) is 193 Å². The SMILES string of the molecule is c1ccc(C2=NC(c3cccc4c3-c3ccccc3C4(c3ccccc3)c3ccccc3)NC(c3ccc(-c4ccccc4)cc3)N2)cc1. The van der Waals surface area contributed by atoms with Crippen LogP contribution in [0.2, 0.25) is 0 Å². The number of benzene rings is 7. The standard InChI is InChI=1S/C46H35N3/c1-5-16-32(17-6-1)33-28-30-35(31-29-33)44-47-43(34-18-7-2-8-19-34)48-45(49-44)39-25-15-27-41-42(39)38-24-13-14-26-40(38)46(41,36-20-9-3-10-21-36)37-22-11-4-12-23-37/h1-31,44-45,49H,(H,47,48). The molecule has 2 aliphatic rings. The molecule has 1 aliphatic carbocycles. The van der Waals surface area contributed by atoms with E-state index in [9.17, 15) is 0 Å². The monoisotopic (exact) mass is 629 g/mol. The van der Waals surface area contributed by atoms with Gasteiger partial charge in [-0.25, -0.2) is 4.99 Å². The lowest BCUT2D eigenvalue weighted by atomic mass is 9.67. The van der Waals surface area contributed by atoms with E-state index in [4.69, 9.17) is 4.99 Å². The van der Waals surface area contributed by atoms with Gasteiger partial charge in [0.25, 0.3) is 0 Å². The molecule has 1 aliphatic heterocycles. The van der Waals surface area contributed by atoms with Crippen LogP contribution in [-0.4, -0.2) is 5.84 Å². The second-order valence-corrected chi connectivity index (χ2v) is 12.8. The van der Waals surface area contributed by atoms with Crippen LogP contribution in [0.4, 0.5) is 0 Å². The summed E-state index contributed by atoms with van der Waals surface area (Å²) in [7, 11) is 0. The lowest BCUT2D eigenvalue weighted by Gasteiger charge is -2.35. The highest BCUT2D eigenvalue weighted by molar-refractivity contribution is 6.00. The van der Waals surface area contributed by atoms with E-state index in [2.05, 4.69) is 199 Å². The molecule has 0 bridgehead atoms. The highest BCUT2D eigenvalue weighted by Crippen LogP contribution is 2.57. The molecule has 7 aromatic rings. The Bertz CT molecular complexity index is 2220. The highest BCUT2D eigenvalue weighted by Gasteiger charge is 2.47. The molecule has 3 heteroatoms. The second-order valence-electron chi connectivity index (χ2n) is 12.8. The van der Waals surface area contributed by atoms with E-state index < -0.39 is 5.41 Å². The summed E-state index contributed by atoms with van der Waals surface area (Å²) in [5, 5.41) is 7.65. The predicted molar refractivity (Wildman–Crippen MR) is 200 cm³/mol. The fraction of sp³-hybridized carbons (Fsp3) is 0.0652. The first-order valence-corrected chi connectivity index (χ1v) is 17.0. The zero-order valence-corrected chi connectivity index (χ0v) is 27.0. The van der Waals surface area contributed by atoms with Gasteiger partial charge < -0.3 is 5.32 Å². The van der Waals surface area contributed by atoms with Crippen molar-refractivity contribution in [3.63, 3.8) is 0 Å². The Kier molecular flexibility index (Phi) is 7.26. The van der Waals surface area contributed by atoms with Gasteiger partial charge in [0.1, 0.15) is 18.2 Å². The van der Waals surface area contributed by atoms with E-state index in [0.29, 0.717) is 0 Å². The van der Waals surface area contributed by atoms with Crippen LogP contribution in [0, 0.1) is 0 Å². The molecule has 0 fully saturated rings. The van der Waals surface area contributed by atoms with Crippen LogP contribution in [-0.2, 0) is 5.41 Å². The van der Waals surface area contributed by atoms with Gasteiger partial charge in [-0.15, -0.1) is 0 Å². The van der Waals surface area contributed by atoms with E-state index in [1.165, 1.54) is 50.1 Å². The topological polar surface area (TPSA) is 36.4 Å². The maximum absolute atomic E-state index is 5.40. The summed E-state index contributed by atoms with van der Waals surface area (Å²) in [4.78, 5) is 5.40. The van der Waals surface area contributed by atoms with E-state index in [-0.39, 0.29) is 12.3 Å². The smallest absolute Gasteiger partial charge is 0.131 e. The predicted octanol–water partition coefficient (Wildman–Crippen LogP) is 10.1. The average Bonchev–Trinajstić information content (AvgIpc) is 3.50. The van der Waals surface area contributed by atoms with E-state index in [0.717, 1.165) is 17.0 Å². The van der Waals surface area contributed by atoms with Crippen molar-refractivity contribution >= 4 is 5.84 Å². The first-order chi connectivity index (χ1) is 24.3. The normalized spacial score (nSPS) is 17.3. The number of nitrogens with one attached hydrogen (secondary N) is 2. The van der Waals surface area contributed by atoms with E-state index in [1.54, 1.807) is 0 Å². The molecule has 2 N–H and O–H groups in total. The summed E-state index contributed by atoms with van der Waals surface area (Å²) in [6.07, 6.45) is -0.441. The summed E-state index contributed by atoms with van der Waals surface area (Å²) >= 11 is 0. The van der Waals surface area contributed by atoms with Crippen LogP contribution in [0.3, 0.4) is 0 Å². The van der Waals surface area contributed by atoms with Gasteiger partial charge in [0.05, 0.1) is 5.41 Å². The van der Waals surface area contributed by atoms with Gasteiger partial charge in [0.15, 0.2) is 0 Å². The third-order valence-electron chi connectivity index (χ3n) is 10.1. The maximum Gasteiger partial charge on any atom is 0.131 e. The van der Waals surface area contributed by atoms with Gasteiger partial charge in [-0.3, -0.25) is 5.32 Å². The second kappa shape index (κ2) is 12.2. The molecular formula is C46H35N3. The first kappa shape index (κ1) is 29.1. The lowest BCUT2D eigenvalue weighted by Crippen LogP contribution is -2.45. The molecule has 49 heavy (non-hydrogen) atoms. The molecular weight excluding hydrogens is 595 g/mol. The molecule has 0 radical (unpaired) electrons. The number of hydrogen-bond donors (Lipinski definition) is 2. The number of amidine groups is 1. The Labute approximate surface area is 287 Å². The van der Waals surface area contributed by atoms with Crippen molar-refractivity contribution in [2.45, 2.75) is 17.7 Å². The van der Waals surface area contributed by atoms with Gasteiger partial charge in [-0.1, -0.05) is 188 Å². The fourth-order valence-corrected chi connectivity index (χ4v) is 7.88. The molecule has 0 aromatic heterocycles. The zero-order valence-electron chi connectivity index (χ0n) is 27.0. The molecule has 1 heterocycles. The highest BCUT2D eigenvalue weighted by atomic mass is 15.3. The van der Waals surface area contributed by atoms with Crippen LogP contribution < -0.4 is 10.6 Å². The maximum atomic E-state index is 5.40. The lowest BCUT2D eigenvalue weighted by molar-refractivity contribution is 0.409. The molecule has 9 rings (SSSR count). The Hall–Kier alpha value is -6.03. The van der Waals surface area contributed by atoms with Crippen LogP contribution in [0.1, 0.15) is 51.3 Å². The Morgan fingerprint density at radius 3 is 1.63 bits per heavy atom. The van der Waals surface area contributed by atoms with Gasteiger partial charge in [-0.05, 0) is 55.6 Å². The number of aliphatic imine (C=N–C) groups is 1. The number of fused-ring (bicyclic) bond motifs is 3. The quantitative estimate of drug-likeness (QED) is 0.192. The summed E-state index contributed by atoms with van der Waals surface area (Å²) in [5.41, 5.74) is 12.9. The van der Waals surface area contributed by atoms with Crippen molar-refractivity contribution in [3.8, 4) is 22.3 Å². The molecule has 2 atom stereocenters. The molecule has 0 amide bonds. The minimum absolute atomic E-state index is 0.150.